The molecule has 2 aliphatic rings. The molecule has 2 saturated heterocycles. The molecule has 1 N–H and O–H groups in total. The van der Waals surface area contributed by atoms with Crippen molar-refractivity contribution in [2.45, 2.75) is 31.8 Å². The number of aryl methyl sites for hydroxylation is 2. The smallest absolute Gasteiger partial charge is 0.332 e. The molecule has 0 radical (unpaired) electrons. The van der Waals surface area contributed by atoms with E-state index in [1.165, 1.54) is 11.6 Å². The molecule has 11 heteroatoms. The highest BCUT2D eigenvalue weighted by Gasteiger charge is 2.31. The number of rotatable bonds is 4. The van der Waals surface area contributed by atoms with Crippen molar-refractivity contribution in [3.05, 3.63) is 26.7 Å². The van der Waals surface area contributed by atoms with Crippen LogP contribution in [-0.4, -0.2) is 79.6 Å². The number of nitrogens with zero attached hydrogens (tertiary/aromatic N) is 5. The summed E-state index contributed by atoms with van der Waals surface area (Å²) < 4.78 is 7.79. The van der Waals surface area contributed by atoms with E-state index in [4.69, 9.17) is 4.74 Å². The van der Waals surface area contributed by atoms with Crippen molar-refractivity contribution in [1.29, 1.82) is 0 Å². The maximum atomic E-state index is 12.6. The lowest BCUT2D eigenvalue weighted by molar-refractivity contribution is -0.146. The van der Waals surface area contributed by atoms with Crippen molar-refractivity contribution in [1.82, 2.24) is 28.9 Å². The second kappa shape index (κ2) is 8.05. The number of ether oxygens (including phenoxy) is 1. The van der Waals surface area contributed by atoms with E-state index in [9.17, 15) is 19.2 Å². The van der Waals surface area contributed by atoms with Crippen LogP contribution in [0.1, 0.15) is 25.1 Å². The Balaban J connectivity index is 1.35. The standard InChI is InChI=1S/C19H26N6O5/c1-22-16-15(18(28)23(2)19(22)29)20-13(21-16)5-6-14(26)24-7-9-25(10-8-24)17(27)12-4-3-11-30-12/h12H,3-11H2,1-2H3,(H,20,21). The molecule has 0 bridgehead atoms. The molecule has 0 aromatic carbocycles. The van der Waals surface area contributed by atoms with Gasteiger partial charge in [-0.25, -0.2) is 9.78 Å². The van der Waals surface area contributed by atoms with E-state index in [-0.39, 0.29) is 35.5 Å². The average Bonchev–Trinajstić information content (AvgIpc) is 3.44. The summed E-state index contributed by atoms with van der Waals surface area (Å²) in [5.74, 6) is 0.486. The highest BCUT2D eigenvalue weighted by atomic mass is 16.5. The number of imidazole rings is 1. The van der Waals surface area contributed by atoms with Crippen LogP contribution in [0.5, 0.6) is 0 Å². The van der Waals surface area contributed by atoms with Crippen molar-refractivity contribution >= 4 is 23.0 Å². The molecular formula is C19H26N6O5. The average molecular weight is 418 g/mol. The first kappa shape index (κ1) is 20.3. The third kappa shape index (κ3) is 3.64. The van der Waals surface area contributed by atoms with Crippen LogP contribution in [-0.2, 0) is 34.8 Å². The Morgan fingerprint density at radius 1 is 1.10 bits per heavy atom. The SMILES string of the molecule is Cn1c(=O)c2[nH]c(CCC(=O)N3CCN(C(=O)C4CCCO4)CC3)nc2n(C)c1=O. The molecule has 0 saturated carbocycles. The number of nitrogens with one attached hydrogen (secondary N) is 1. The molecule has 11 nitrogen and oxygen atoms in total. The number of carbonyl (C=O) groups excluding carboxylic acids is 2. The third-order valence-electron chi connectivity index (χ3n) is 5.87. The van der Waals surface area contributed by atoms with Gasteiger partial charge in [0.05, 0.1) is 0 Å². The van der Waals surface area contributed by atoms with Gasteiger partial charge in [0.1, 0.15) is 17.4 Å². The summed E-state index contributed by atoms with van der Waals surface area (Å²) >= 11 is 0. The van der Waals surface area contributed by atoms with Crippen LogP contribution in [0.2, 0.25) is 0 Å². The van der Waals surface area contributed by atoms with E-state index >= 15 is 0 Å². The largest absolute Gasteiger partial charge is 0.368 e. The minimum atomic E-state index is -0.447. The van der Waals surface area contributed by atoms with Gasteiger partial charge in [-0.2, -0.15) is 0 Å². The van der Waals surface area contributed by atoms with Gasteiger partial charge in [-0.15, -0.1) is 0 Å². The zero-order valence-corrected chi connectivity index (χ0v) is 17.2. The Labute approximate surface area is 172 Å². The van der Waals surface area contributed by atoms with Gasteiger partial charge in [0.25, 0.3) is 11.5 Å². The Bertz CT molecular complexity index is 1090. The molecule has 0 aliphatic carbocycles. The Kier molecular flexibility index (Phi) is 5.46. The molecule has 1 unspecified atom stereocenters. The lowest BCUT2D eigenvalue weighted by Crippen LogP contribution is -2.52. The number of amides is 2. The lowest BCUT2D eigenvalue weighted by Gasteiger charge is -2.35. The summed E-state index contributed by atoms with van der Waals surface area (Å²) in [7, 11) is 2.97. The second-order valence-electron chi connectivity index (χ2n) is 7.80. The molecule has 0 spiro atoms. The minimum Gasteiger partial charge on any atom is -0.368 e. The van der Waals surface area contributed by atoms with Crippen LogP contribution in [0.25, 0.3) is 11.2 Å². The summed E-state index contributed by atoms with van der Waals surface area (Å²) in [5.41, 5.74) is -0.350. The summed E-state index contributed by atoms with van der Waals surface area (Å²) in [5, 5.41) is 0. The molecule has 2 aliphatic heterocycles. The van der Waals surface area contributed by atoms with Gasteiger partial charge in [-0.3, -0.25) is 23.5 Å². The van der Waals surface area contributed by atoms with E-state index in [1.807, 2.05) is 0 Å². The van der Waals surface area contributed by atoms with Crippen LogP contribution in [0, 0.1) is 0 Å². The van der Waals surface area contributed by atoms with Gasteiger partial charge in [0.2, 0.25) is 5.91 Å². The predicted molar refractivity (Wildman–Crippen MR) is 107 cm³/mol. The molecule has 30 heavy (non-hydrogen) atoms. The van der Waals surface area contributed by atoms with Gasteiger partial charge in [0, 0.05) is 59.7 Å². The van der Waals surface area contributed by atoms with Crippen molar-refractivity contribution in [3.63, 3.8) is 0 Å². The zero-order chi connectivity index (χ0) is 21.4. The van der Waals surface area contributed by atoms with Crippen LogP contribution < -0.4 is 11.2 Å². The fourth-order valence-electron chi connectivity index (χ4n) is 4.03. The number of carbonyl (C=O) groups is 2. The fraction of sp³-hybridized carbons (Fsp3) is 0.632. The lowest BCUT2D eigenvalue weighted by atomic mass is 10.2. The first-order valence-corrected chi connectivity index (χ1v) is 10.2. The molecule has 1 atom stereocenters. The maximum absolute atomic E-state index is 12.6. The Hall–Kier alpha value is -2.95. The van der Waals surface area contributed by atoms with Crippen molar-refractivity contribution in [3.8, 4) is 0 Å². The molecule has 2 fully saturated rings. The van der Waals surface area contributed by atoms with E-state index in [0.29, 0.717) is 45.0 Å². The highest BCUT2D eigenvalue weighted by molar-refractivity contribution is 5.82. The summed E-state index contributed by atoms with van der Waals surface area (Å²) in [6.45, 7) is 2.64. The summed E-state index contributed by atoms with van der Waals surface area (Å²) in [6.07, 6.45) is 1.92. The van der Waals surface area contributed by atoms with E-state index < -0.39 is 11.2 Å². The fourth-order valence-corrected chi connectivity index (χ4v) is 4.03. The predicted octanol–water partition coefficient (Wildman–Crippen LogP) is -1.26. The number of piperazine rings is 1. The molecule has 4 heterocycles. The number of hydrogen-bond acceptors (Lipinski definition) is 6. The first-order valence-electron chi connectivity index (χ1n) is 10.2. The quantitative estimate of drug-likeness (QED) is 0.662. The molecule has 2 aromatic rings. The van der Waals surface area contributed by atoms with Gasteiger partial charge in [0.15, 0.2) is 5.65 Å². The monoisotopic (exact) mass is 418 g/mol. The summed E-state index contributed by atoms with van der Waals surface area (Å²) in [6, 6.07) is 0. The summed E-state index contributed by atoms with van der Waals surface area (Å²) in [4.78, 5) is 60.1. The number of hydrogen-bond donors (Lipinski definition) is 1. The Morgan fingerprint density at radius 2 is 1.80 bits per heavy atom. The number of aromatic nitrogens is 4. The van der Waals surface area contributed by atoms with Gasteiger partial charge >= 0.3 is 5.69 Å². The van der Waals surface area contributed by atoms with Crippen LogP contribution in [0.4, 0.5) is 0 Å². The number of aromatic amines is 1. The molecule has 162 valence electrons. The van der Waals surface area contributed by atoms with Gasteiger partial charge < -0.3 is 19.5 Å². The Morgan fingerprint density at radius 3 is 2.47 bits per heavy atom. The third-order valence-corrected chi connectivity index (χ3v) is 5.87. The number of H-pyrrole nitrogens is 1. The molecule has 4 rings (SSSR count). The van der Waals surface area contributed by atoms with Crippen LogP contribution >= 0.6 is 0 Å². The van der Waals surface area contributed by atoms with Crippen molar-refractivity contribution in [2.24, 2.45) is 14.1 Å². The minimum absolute atomic E-state index is 0.0223. The van der Waals surface area contributed by atoms with Crippen molar-refractivity contribution in [2.75, 3.05) is 32.8 Å². The highest BCUT2D eigenvalue weighted by Crippen LogP contribution is 2.16. The van der Waals surface area contributed by atoms with Crippen LogP contribution in [0.15, 0.2) is 9.59 Å². The molecular weight excluding hydrogens is 392 g/mol. The van der Waals surface area contributed by atoms with E-state index in [2.05, 4.69) is 9.97 Å². The van der Waals surface area contributed by atoms with Crippen molar-refractivity contribution < 1.29 is 14.3 Å². The second-order valence-corrected chi connectivity index (χ2v) is 7.80. The molecule has 2 aromatic heterocycles. The topological polar surface area (TPSA) is 123 Å². The van der Waals surface area contributed by atoms with Crippen LogP contribution in [0.3, 0.4) is 0 Å². The zero-order valence-electron chi connectivity index (χ0n) is 17.2. The number of fused-ring (bicyclic) bond motifs is 1. The van der Waals surface area contributed by atoms with E-state index in [1.54, 1.807) is 16.8 Å². The maximum Gasteiger partial charge on any atom is 0.332 e. The van der Waals surface area contributed by atoms with E-state index in [0.717, 1.165) is 17.4 Å². The molecule has 2 amide bonds. The first-order chi connectivity index (χ1) is 14.4. The van der Waals surface area contributed by atoms with Gasteiger partial charge in [-0.05, 0) is 12.8 Å². The van der Waals surface area contributed by atoms with Gasteiger partial charge in [-0.1, -0.05) is 0 Å². The normalized spacial score (nSPS) is 19.6.